The SMILES string of the molecule is NC(=O)c1ccccc1-c1cc(N)ccc1C(N)=O. The second-order valence-corrected chi connectivity index (χ2v) is 4.08. The predicted octanol–water partition coefficient (Wildman–Crippen LogP) is 1.13. The van der Waals surface area contributed by atoms with Gasteiger partial charge in [0.25, 0.3) is 0 Å². The van der Waals surface area contributed by atoms with Crippen molar-refractivity contribution in [1.29, 1.82) is 0 Å². The van der Waals surface area contributed by atoms with E-state index in [-0.39, 0.29) is 0 Å². The first-order valence-corrected chi connectivity index (χ1v) is 5.59. The van der Waals surface area contributed by atoms with Crippen molar-refractivity contribution in [3.05, 3.63) is 53.6 Å². The van der Waals surface area contributed by atoms with E-state index in [2.05, 4.69) is 0 Å². The highest BCUT2D eigenvalue weighted by Crippen LogP contribution is 2.28. The summed E-state index contributed by atoms with van der Waals surface area (Å²) >= 11 is 0. The minimum atomic E-state index is -0.589. The predicted molar refractivity (Wildman–Crippen MR) is 73.3 cm³/mol. The van der Waals surface area contributed by atoms with Crippen LogP contribution >= 0.6 is 0 Å². The fraction of sp³-hybridized carbons (Fsp3) is 0. The lowest BCUT2D eigenvalue weighted by Gasteiger charge is -2.11. The van der Waals surface area contributed by atoms with Crippen molar-refractivity contribution < 1.29 is 9.59 Å². The fourth-order valence-corrected chi connectivity index (χ4v) is 1.93. The molecule has 0 radical (unpaired) electrons. The number of nitrogen functional groups attached to an aromatic ring is 1. The van der Waals surface area contributed by atoms with Crippen LogP contribution in [0.5, 0.6) is 0 Å². The van der Waals surface area contributed by atoms with Gasteiger partial charge in [0.05, 0.1) is 0 Å². The van der Waals surface area contributed by atoms with Crippen molar-refractivity contribution in [3.8, 4) is 11.1 Å². The van der Waals surface area contributed by atoms with Gasteiger partial charge in [-0.1, -0.05) is 18.2 Å². The number of amides is 2. The number of rotatable bonds is 3. The highest BCUT2D eigenvalue weighted by atomic mass is 16.1. The summed E-state index contributed by atoms with van der Waals surface area (Å²) in [5, 5.41) is 0. The van der Waals surface area contributed by atoms with Gasteiger partial charge in [-0.15, -0.1) is 0 Å². The molecule has 0 atom stereocenters. The summed E-state index contributed by atoms with van der Waals surface area (Å²) in [6.45, 7) is 0. The number of carbonyl (C=O) groups excluding carboxylic acids is 2. The Morgan fingerprint density at radius 1 is 0.789 bits per heavy atom. The average molecular weight is 255 g/mol. The van der Waals surface area contributed by atoms with Crippen LogP contribution in [0, 0.1) is 0 Å². The number of nitrogens with two attached hydrogens (primary N) is 3. The van der Waals surface area contributed by atoms with Crippen LogP contribution in [0.4, 0.5) is 5.69 Å². The molecule has 0 unspecified atom stereocenters. The van der Waals surface area contributed by atoms with Gasteiger partial charge in [-0.3, -0.25) is 9.59 Å². The normalized spacial score (nSPS) is 10.1. The zero-order chi connectivity index (χ0) is 14.0. The van der Waals surface area contributed by atoms with E-state index in [1.807, 2.05) is 0 Å². The monoisotopic (exact) mass is 255 g/mol. The molecule has 0 aliphatic carbocycles. The minimum Gasteiger partial charge on any atom is -0.399 e. The Hall–Kier alpha value is -2.82. The zero-order valence-electron chi connectivity index (χ0n) is 10.1. The average Bonchev–Trinajstić information content (AvgIpc) is 2.38. The molecule has 0 saturated carbocycles. The Morgan fingerprint density at radius 2 is 1.37 bits per heavy atom. The third-order valence-corrected chi connectivity index (χ3v) is 2.79. The number of benzene rings is 2. The molecular weight excluding hydrogens is 242 g/mol. The molecule has 0 heterocycles. The summed E-state index contributed by atoms with van der Waals surface area (Å²) in [5.41, 5.74) is 18.5. The maximum atomic E-state index is 11.5. The lowest BCUT2D eigenvalue weighted by Crippen LogP contribution is -2.15. The maximum absolute atomic E-state index is 11.5. The second-order valence-electron chi connectivity index (χ2n) is 4.08. The van der Waals surface area contributed by atoms with Crippen molar-refractivity contribution in [1.82, 2.24) is 0 Å². The van der Waals surface area contributed by atoms with Crippen LogP contribution in [0.2, 0.25) is 0 Å². The molecule has 5 heteroatoms. The fourth-order valence-electron chi connectivity index (χ4n) is 1.93. The molecule has 0 aromatic heterocycles. The quantitative estimate of drug-likeness (QED) is 0.714. The van der Waals surface area contributed by atoms with E-state index in [9.17, 15) is 9.59 Å². The van der Waals surface area contributed by atoms with Crippen LogP contribution in [0.1, 0.15) is 20.7 Å². The first-order chi connectivity index (χ1) is 9.00. The Balaban J connectivity index is 2.75. The van der Waals surface area contributed by atoms with E-state index in [1.54, 1.807) is 36.4 Å². The van der Waals surface area contributed by atoms with Gasteiger partial charge in [-0.05, 0) is 35.4 Å². The molecule has 2 aromatic carbocycles. The Bertz CT molecular complexity index is 665. The Morgan fingerprint density at radius 3 is 2.00 bits per heavy atom. The second kappa shape index (κ2) is 4.81. The largest absolute Gasteiger partial charge is 0.399 e. The third kappa shape index (κ3) is 2.40. The van der Waals surface area contributed by atoms with Crippen molar-refractivity contribution in [2.24, 2.45) is 11.5 Å². The summed E-state index contributed by atoms with van der Waals surface area (Å²) < 4.78 is 0. The summed E-state index contributed by atoms with van der Waals surface area (Å²) in [5.74, 6) is -1.16. The van der Waals surface area contributed by atoms with E-state index >= 15 is 0 Å². The summed E-state index contributed by atoms with van der Waals surface area (Å²) in [6.07, 6.45) is 0. The van der Waals surface area contributed by atoms with Gasteiger partial charge in [-0.2, -0.15) is 0 Å². The van der Waals surface area contributed by atoms with Crippen molar-refractivity contribution in [2.45, 2.75) is 0 Å². The van der Waals surface area contributed by atoms with Crippen LogP contribution in [0.25, 0.3) is 11.1 Å². The first-order valence-electron chi connectivity index (χ1n) is 5.59. The molecule has 0 bridgehead atoms. The van der Waals surface area contributed by atoms with E-state index < -0.39 is 11.8 Å². The molecule has 0 saturated heterocycles. The first kappa shape index (κ1) is 12.6. The number of primary amides is 2. The molecule has 0 aliphatic heterocycles. The van der Waals surface area contributed by atoms with Gasteiger partial charge in [0.15, 0.2) is 0 Å². The zero-order valence-corrected chi connectivity index (χ0v) is 10.1. The molecule has 2 rings (SSSR count). The van der Waals surface area contributed by atoms with E-state index in [4.69, 9.17) is 17.2 Å². The van der Waals surface area contributed by atoms with Crippen molar-refractivity contribution >= 4 is 17.5 Å². The number of carbonyl (C=O) groups is 2. The Labute approximate surface area is 110 Å². The molecule has 0 spiro atoms. The molecule has 19 heavy (non-hydrogen) atoms. The summed E-state index contributed by atoms with van der Waals surface area (Å²) in [4.78, 5) is 22.9. The summed E-state index contributed by atoms with van der Waals surface area (Å²) in [6, 6.07) is 11.4. The molecule has 0 fully saturated rings. The molecule has 2 amide bonds. The number of hydrogen-bond donors (Lipinski definition) is 3. The summed E-state index contributed by atoms with van der Waals surface area (Å²) in [7, 11) is 0. The van der Waals surface area contributed by atoms with Crippen molar-refractivity contribution in [2.75, 3.05) is 5.73 Å². The van der Waals surface area contributed by atoms with Gasteiger partial charge in [0.2, 0.25) is 11.8 Å². The lowest BCUT2D eigenvalue weighted by molar-refractivity contribution is 0.0990. The van der Waals surface area contributed by atoms with E-state index in [1.165, 1.54) is 6.07 Å². The van der Waals surface area contributed by atoms with Crippen LogP contribution in [-0.4, -0.2) is 11.8 Å². The Kier molecular flexibility index (Phi) is 3.20. The van der Waals surface area contributed by atoms with Gasteiger partial charge < -0.3 is 17.2 Å². The molecule has 2 aromatic rings. The molecule has 5 nitrogen and oxygen atoms in total. The molecule has 96 valence electrons. The van der Waals surface area contributed by atoms with Crippen LogP contribution in [-0.2, 0) is 0 Å². The standard InChI is InChI=1S/C14H13N3O2/c15-8-5-6-11(14(17)19)12(7-8)9-3-1-2-4-10(9)13(16)18/h1-7H,15H2,(H2,16,18)(H2,17,19). The number of hydrogen-bond acceptors (Lipinski definition) is 3. The molecule has 0 aliphatic rings. The number of anilines is 1. The highest BCUT2D eigenvalue weighted by Gasteiger charge is 2.15. The lowest BCUT2D eigenvalue weighted by atomic mass is 9.94. The van der Waals surface area contributed by atoms with E-state index in [0.29, 0.717) is 27.9 Å². The smallest absolute Gasteiger partial charge is 0.249 e. The topological polar surface area (TPSA) is 112 Å². The van der Waals surface area contributed by atoms with Gasteiger partial charge in [0.1, 0.15) is 0 Å². The third-order valence-electron chi connectivity index (χ3n) is 2.79. The van der Waals surface area contributed by atoms with Crippen LogP contribution < -0.4 is 17.2 Å². The van der Waals surface area contributed by atoms with Crippen LogP contribution in [0.15, 0.2) is 42.5 Å². The van der Waals surface area contributed by atoms with Crippen molar-refractivity contribution in [3.63, 3.8) is 0 Å². The van der Waals surface area contributed by atoms with E-state index in [0.717, 1.165) is 0 Å². The van der Waals surface area contributed by atoms with Gasteiger partial charge in [0, 0.05) is 16.8 Å². The van der Waals surface area contributed by atoms with Crippen LogP contribution in [0.3, 0.4) is 0 Å². The highest BCUT2D eigenvalue weighted by molar-refractivity contribution is 6.05. The minimum absolute atomic E-state index is 0.294. The molecule has 6 N–H and O–H groups in total. The van der Waals surface area contributed by atoms with Gasteiger partial charge in [-0.25, -0.2) is 0 Å². The molecular formula is C14H13N3O2. The van der Waals surface area contributed by atoms with Gasteiger partial charge >= 0.3 is 0 Å². The maximum Gasteiger partial charge on any atom is 0.249 e.